The summed E-state index contributed by atoms with van der Waals surface area (Å²) >= 11 is 0. The van der Waals surface area contributed by atoms with Crippen molar-refractivity contribution in [1.82, 2.24) is 9.78 Å². The van der Waals surface area contributed by atoms with E-state index >= 15 is 0 Å². The molecule has 1 aromatic heterocycles. The highest BCUT2D eigenvalue weighted by Crippen LogP contribution is 2.21. The Morgan fingerprint density at radius 3 is 2.76 bits per heavy atom. The molecule has 0 aliphatic carbocycles. The Kier molecular flexibility index (Phi) is 3.04. The minimum absolute atomic E-state index is 0.0107. The maximum absolute atomic E-state index is 10.8. The van der Waals surface area contributed by atoms with Crippen LogP contribution in [0.25, 0.3) is 0 Å². The smallest absolute Gasteiger partial charge is 0.330 e. The zero-order chi connectivity index (χ0) is 12.3. The molecule has 1 N–H and O–H groups in total. The molecule has 0 spiro atoms. The molecule has 0 amide bonds. The van der Waals surface area contributed by atoms with Crippen LogP contribution >= 0.6 is 0 Å². The second-order valence-electron chi connectivity index (χ2n) is 3.63. The molecule has 2 rings (SSSR count). The molecule has 0 fully saturated rings. The summed E-state index contributed by atoms with van der Waals surface area (Å²) in [5, 5.41) is 17.7. The van der Waals surface area contributed by atoms with Gasteiger partial charge in [-0.2, -0.15) is 0 Å². The van der Waals surface area contributed by atoms with Crippen molar-refractivity contribution >= 4 is 11.5 Å². The number of nitrogens with zero attached hydrogens (tertiary/aromatic N) is 3. The molecular weight excluding hydrogens is 220 g/mol. The first-order valence-corrected chi connectivity index (χ1v) is 5.12. The Labute approximate surface area is 98.0 Å². The van der Waals surface area contributed by atoms with Gasteiger partial charge < -0.3 is 5.32 Å². The number of hydrogen-bond donors (Lipinski definition) is 1. The van der Waals surface area contributed by atoms with E-state index in [1.165, 1.54) is 10.9 Å². The van der Waals surface area contributed by atoms with Gasteiger partial charge >= 0.3 is 5.69 Å². The number of benzene rings is 1. The van der Waals surface area contributed by atoms with Crippen LogP contribution < -0.4 is 5.32 Å². The number of hydrogen-bond acceptors (Lipinski definition) is 4. The quantitative estimate of drug-likeness (QED) is 0.645. The van der Waals surface area contributed by atoms with Gasteiger partial charge in [0.2, 0.25) is 5.82 Å². The number of nitrogens with one attached hydrogen (secondary N) is 1. The van der Waals surface area contributed by atoms with E-state index in [0.717, 1.165) is 5.56 Å². The van der Waals surface area contributed by atoms with E-state index in [0.29, 0.717) is 12.4 Å². The Balaban J connectivity index is 2.11. The monoisotopic (exact) mass is 232 g/mol. The Morgan fingerprint density at radius 2 is 2.12 bits per heavy atom. The summed E-state index contributed by atoms with van der Waals surface area (Å²) in [6.07, 6.45) is 1.38. The molecule has 1 aromatic carbocycles. The lowest BCUT2D eigenvalue weighted by molar-refractivity contribution is -0.384. The third-order valence-electron chi connectivity index (χ3n) is 2.31. The first-order valence-electron chi connectivity index (χ1n) is 5.12. The van der Waals surface area contributed by atoms with Crippen LogP contribution in [0.4, 0.5) is 11.5 Å². The maximum Gasteiger partial charge on any atom is 0.330 e. The molecule has 6 heteroatoms. The second kappa shape index (κ2) is 4.65. The molecule has 0 aliphatic rings. The van der Waals surface area contributed by atoms with E-state index in [2.05, 4.69) is 10.4 Å². The normalized spacial score (nSPS) is 10.2. The molecule has 88 valence electrons. The van der Waals surface area contributed by atoms with Crippen molar-refractivity contribution in [3.8, 4) is 0 Å². The predicted octanol–water partition coefficient (Wildman–Crippen LogP) is 1.94. The molecule has 6 nitrogen and oxygen atoms in total. The van der Waals surface area contributed by atoms with E-state index in [9.17, 15) is 10.1 Å². The van der Waals surface area contributed by atoms with Crippen LogP contribution in [-0.4, -0.2) is 14.7 Å². The van der Waals surface area contributed by atoms with Crippen LogP contribution in [0.3, 0.4) is 0 Å². The van der Waals surface area contributed by atoms with E-state index in [1.54, 1.807) is 7.05 Å². The molecule has 0 atom stereocenters. The number of rotatable bonds is 4. The summed E-state index contributed by atoms with van der Waals surface area (Å²) in [4.78, 5) is 10.3. The van der Waals surface area contributed by atoms with E-state index in [1.807, 2.05) is 30.3 Å². The van der Waals surface area contributed by atoms with Crippen molar-refractivity contribution < 1.29 is 4.92 Å². The first-order chi connectivity index (χ1) is 8.16. The van der Waals surface area contributed by atoms with Crippen LogP contribution in [0.1, 0.15) is 5.56 Å². The molecule has 0 radical (unpaired) electrons. The minimum atomic E-state index is -0.444. The fraction of sp³-hybridized carbons (Fsp3) is 0.182. The van der Waals surface area contributed by atoms with Gasteiger partial charge in [0.25, 0.3) is 0 Å². The largest absolute Gasteiger partial charge is 0.359 e. The SMILES string of the molecule is Cn1cc([N+](=O)[O-])c(NCc2ccccc2)n1. The summed E-state index contributed by atoms with van der Waals surface area (Å²) in [6.45, 7) is 0.513. The topological polar surface area (TPSA) is 73.0 Å². The average molecular weight is 232 g/mol. The zero-order valence-corrected chi connectivity index (χ0v) is 9.33. The summed E-state index contributed by atoms with van der Waals surface area (Å²) < 4.78 is 1.42. The van der Waals surface area contributed by atoms with Gasteiger partial charge in [0.05, 0.1) is 4.92 Å². The summed E-state index contributed by atoms with van der Waals surface area (Å²) in [6, 6.07) is 9.66. The van der Waals surface area contributed by atoms with Crippen LogP contribution in [0.2, 0.25) is 0 Å². The van der Waals surface area contributed by atoms with E-state index in [-0.39, 0.29) is 5.69 Å². The molecule has 2 aromatic rings. The standard InChI is InChI=1S/C11H12N4O2/c1-14-8-10(15(16)17)11(13-14)12-7-9-5-3-2-4-6-9/h2-6,8H,7H2,1H3,(H,12,13). The lowest BCUT2D eigenvalue weighted by Crippen LogP contribution is -2.02. The zero-order valence-electron chi connectivity index (χ0n) is 9.33. The second-order valence-corrected chi connectivity index (χ2v) is 3.63. The maximum atomic E-state index is 10.8. The van der Waals surface area contributed by atoms with Gasteiger partial charge in [-0.05, 0) is 5.56 Å². The molecule has 0 saturated heterocycles. The van der Waals surface area contributed by atoms with Gasteiger partial charge in [0.1, 0.15) is 6.20 Å². The summed E-state index contributed by atoms with van der Waals surface area (Å²) in [5.41, 5.74) is 1.04. The van der Waals surface area contributed by atoms with Gasteiger partial charge in [-0.3, -0.25) is 14.8 Å². The first kappa shape index (κ1) is 11.1. The molecule has 17 heavy (non-hydrogen) atoms. The Morgan fingerprint density at radius 1 is 1.41 bits per heavy atom. The molecule has 0 bridgehead atoms. The van der Waals surface area contributed by atoms with Crippen molar-refractivity contribution in [3.05, 3.63) is 52.2 Å². The van der Waals surface area contributed by atoms with Crippen LogP contribution in [0, 0.1) is 10.1 Å². The number of nitro groups is 1. The molecule has 1 heterocycles. The third-order valence-corrected chi connectivity index (χ3v) is 2.31. The highest BCUT2D eigenvalue weighted by Gasteiger charge is 2.17. The minimum Gasteiger partial charge on any atom is -0.359 e. The predicted molar refractivity (Wildman–Crippen MR) is 63.6 cm³/mol. The highest BCUT2D eigenvalue weighted by atomic mass is 16.6. The van der Waals surface area contributed by atoms with Crippen LogP contribution in [0.5, 0.6) is 0 Å². The van der Waals surface area contributed by atoms with Crippen molar-refractivity contribution in [3.63, 3.8) is 0 Å². The molecule has 0 unspecified atom stereocenters. The van der Waals surface area contributed by atoms with Gasteiger partial charge in [-0.15, -0.1) is 5.10 Å². The average Bonchev–Trinajstić information content (AvgIpc) is 2.69. The fourth-order valence-electron chi connectivity index (χ4n) is 1.52. The van der Waals surface area contributed by atoms with Crippen molar-refractivity contribution in [2.45, 2.75) is 6.54 Å². The van der Waals surface area contributed by atoms with Gasteiger partial charge in [-0.1, -0.05) is 30.3 Å². The molecule has 0 aliphatic heterocycles. The molecular formula is C11H12N4O2. The van der Waals surface area contributed by atoms with Crippen LogP contribution in [0.15, 0.2) is 36.5 Å². The highest BCUT2D eigenvalue weighted by molar-refractivity contribution is 5.54. The van der Waals surface area contributed by atoms with Gasteiger partial charge in [0.15, 0.2) is 0 Å². The Hall–Kier alpha value is -2.37. The molecule has 0 saturated carbocycles. The van der Waals surface area contributed by atoms with Gasteiger partial charge in [-0.25, -0.2) is 0 Å². The van der Waals surface area contributed by atoms with E-state index < -0.39 is 4.92 Å². The lowest BCUT2D eigenvalue weighted by Gasteiger charge is -2.02. The number of aromatic nitrogens is 2. The van der Waals surface area contributed by atoms with Crippen molar-refractivity contribution in [1.29, 1.82) is 0 Å². The third kappa shape index (κ3) is 2.60. The van der Waals surface area contributed by atoms with Gasteiger partial charge in [0, 0.05) is 13.6 Å². The lowest BCUT2D eigenvalue weighted by atomic mass is 10.2. The number of aryl methyl sites for hydroxylation is 1. The van der Waals surface area contributed by atoms with Crippen LogP contribution in [-0.2, 0) is 13.6 Å². The van der Waals surface area contributed by atoms with Crippen molar-refractivity contribution in [2.24, 2.45) is 7.05 Å². The Bertz CT molecular complexity index is 522. The number of anilines is 1. The summed E-state index contributed by atoms with van der Waals surface area (Å²) in [7, 11) is 1.65. The summed E-state index contributed by atoms with van der Waals surface area (Å²) in [5.74, 6) is 0.293. The van der Waals surface area contributed by atoms with E-state index in [4.69, 9.17) is 0 Å². The van der Waals surface area contributed by atoms with Crippen molar-refractivity contribution in [2.75, 3.05) is 5.32 Å². The fourth-order valence-corrected chi connectivity index (χ4v) is 1.52.